The minimum atomic E-state index is -0.873. The number of aromatic carboxylic acids is 1. The number of nitrogens with one attached hydrogen (secondary N) is 1. The zero-order chi connectivity index (χ0) is 23.3. The van der Waals surface area contributed by atoms with Gasteiger partial charge in [-0.2, -0.15) is 0 Å². The molecule has 2 saturated heterocycles. The standard InChI is InChI=1S/C29H34N2O3/c1-19-15-23(16-20-3-4-20)25(24-9-12-30-27(19)24)18-31-13-11-29(10-2-14-34-29)17-26(31)21-5-7-22(8-6-21)28(32)33/h5-9,12,15,20,26,30H,2-4,10-11,13-14,16-18H2,1H3,(H,32,33)/t26-,29?/m0/s1. The van der Waals surface area contributed by atoms with Crippen molar-refractivity contribution in [1.82, 2.24) is 9.88 Å². The van der Waals surface area contributed by atoms with Crippen LogP contribution in [0.15, 0.2) is 42.6 Å². The lowest BCUT2D eigenvalue weighted by molar-refractivity contribution is -0.0676. The van der Waals surface area contributed by atoms with E-state index < -0.39 is 5.97 Å². The molecule has 1 aromatic heterocycles. The van der Waals surface area contributed by atoms with Gasteiger partial charge in [0.25, 0.3) is 0 Å². The Morgan fingerprint density at radius 2 is 2.03 bits per heavy atom. The van der Waals surface area contributed by atoms with E-state index in [1.54, 1.807) is 12.1 Å². The van der Waals surface area contributed by atoms with E-state index in [1.807, 2.05) is 12.1 Å². The highest BCUT2D eigenvalue weighted by Gasteiger charge is 2.43. The molecule has 1 spiro atoms. The molecule has 3 heterocycles. The number of hydrogen-bond acceptors (Lipinski definition) is 3. The van der Waals surface area contributed by atoms with Gasteiger partial charge < -0.3 is 14.8 Å². The van der Waals surface area contributed by atoms with Crippen LogP contribution in [0.25, 0.3) is 10.9 Å². The Balaban J connectivity index is 1.37. The lowest BCUT2D eigenvalue weighted by Gasteiger charge is -2.45. The van der Waals surface area contributed by atoms with Crippen LogP contribution in [-0.4, -0.2) is 39.7 Å². The SMILES string of the molecule is Cc1cc(CC2CC2)c(CN2CCC3(CCCO3)C[C@H]2c2ccc(C(=O)O)cc2)c2cc[nH]c12. The summed E-state index contributed by atoms with van der Waals surface area (Å²) < 4.78 is 6.33. The van der Waals surface area contributed by atoms with Crippen LogP contribution >= 0.6 is 0 Å². The van der Waals surface area contributed by atoms with Crippen LogP contribution in [0.1, 0.15) is 77.2 Å². The summed E-state index contributed by atoms with van der Waals surface area (Å²) in [5.74, 6) is -0.0349. The van der Waals surface area contributed by atoms with Crippen LogP contribution < -0.4 is 0 Å². The van der Waals surface area contributed by atoms with Gasteiger partial charge in [0.2, 0.25) is 0 Å². The van der Waals surface area contributed by atoms with Crippen LogP contribution in [0.3, 0.4) is 0 Å². The Kier molecular flexibility index (Phi) is 5.50. The van der Waals surface area contributed by atoms with E-state index in [1.165, 1.54) is 52.4 Å². The number of ether oxygens (including phenoxy) is 1. The predicted octanol–water partition coefficient (Wildman–Crippen LogP) is 6.01. The molecule has 3 aromatic rings. The number of aromatic nitrogens is 1. The first-order valence-electron chi connectivity index (χ1n) is 12.8. The lowest BCUT2D eigenvalue weighted by Crippen LogP contribution is -2.45. The number of piperidine rings is 1. The summed E-state index contributed by atoms with van der Waals surface area (Å²) >= 11 is 0. The predicted molar refractivity (Wildman–Crippen MR) is 133 cm³/mol. The van der Waals surface area contributed by atoms with E-state index in [4.69, 9.17) is 4.74 Å². The van der Waals surface area contributed by atoms with Crippen molar-refractivity contribution in [3.05, 3.63) is 70.4 Å². The molecule has 3 fully saturated rings. The maximum Gasteiger partial charge on any atom is 0.335 e. The van der Waals surface area contributed by atoms with E-state index in [-0.39, 0.29) is 11.6 Å². The Bertz CT molecular complexity index is 1200. The van der Waals surface area contributed by atoms with Crippen molar-refractivity contribution in [2.75, 3.05) is 13.2 Å². The van der Waals surface area contributed by atoms with Gasteiger partial charge in [-0.25, -0.2) is 4.79 Å². The third-order valence-electron chi connectivity index (χ3n) is 8.40. The maximum absolute atomic E-state index is 11.4. The number of H-pyrrole nitrogens is 1. The topological polar surface area (TPSA) is 65.6 Å². The van der Waals surface area contributed by atoms with E-state index >= 15 is 0 Å². The van der Waals surface area contributed by atoms with Gasteiger partial charge in [0.05, 0.1) is 11.2 Å². The number of aromatic amines is 1. The molecule has 6 rings (SSSR count). The number of carbonyl (C=O) groups is 1. The normalized spacial score (nSPS) is 25.4. The molecule has 178 valence electrons. The third kappa shape index (κ3) is 4.05. The summed E-state index contributed by atoms with van der Waals surface area (Å²) in [4.78, 5) is 17.5. The highest BCUT2D eigenvalue weighted by molar-refractivity contribution is 5.88. The molecule has 2 N–H and O–H groups in total. The van der Waals surface area contributed by atoms with E-state index in [0.717, 1.165) is 51.3 Å². The minimum Gasteiger partial charge on any atom is -0.478 e. The van der Waals surface area contributed by atoms with Crippen molar-refractivity contribution in [3.63, 3.8) is 0 Å². The van der Waals surface area contributed by atoms with Crippen molar-refractivity contribution in [2.24, 2.45) is 5.92 Å². The van der Waals surface area contributed by atoms with E-state index in [2.05, 4.69) is 35.1 Å². The number of nitrogens with zero attached hydrogens (tertiary/aromatic N) is 1. The first-order chi connectivity index (χ1) is 16.5. The van der Waals surface area contributed by atoms with Gasteiger partial charge in [-0.05, 0) is 98.2 Å². The Labute approximate surface area is 201 Å². The minimum absolute atomic E-state index is 0.0276. The second kappa shape index (κ2) is 8.54. The first kappa shape index (κ1) is 21.9. The van der Waals surface area contributed by atoms with Crippen LogP contribution in [0.5, 0.6) is 0 Å². The second-order valence-corrected chi connectivity index (χ2v) is 10.7. The number of carboxylic acid groups (broad SMARTS) is 1. The summed E-state index contributed by atoms with van der Waals surface area (Å²) in [5, 5.41) is 10.7. The summed E-state index contributed by atoms with van der Waals surface area (Å²) in [7, 11) is 0. The number of aryl methyl sites for hydroxylation is 1. The monoisotopic (exact) mass is 458 g/mol. The first-order valence-corrected chi connectivity index (χ1v) is 12.8. The Hall–Kier alpha value is -2.63. The fourth-order valence-electron chi connectivity index (χ4n) is 6.31. The van der Waals surface area contributed by atoms with Gasteiger partial charge in [-0.3, -0.25) is 4.90 Å². The van der Waals surface area contributed by atoms with Crippen LogP contribution in [-0.2, 0) is 17.7 Å². The average Bonchev–Trinajstić information content (AvgIpc) is 3.31. The largest absolute Gasteiger partial charge is 0.478 e. The lowest BCUT2D eigenvalue weighted by atomic mass is 9.81. The van der Waals surface area contributed by atoms with Crippen molar-refractivity contribution >= 4 is 16.9 Å². The van der Waals surface area contributed by atoms with Gasteiger partial charge in [0.15, 0.2) is 0 Å². The molecule has 1 unspecified atom stereocenters. The fourth-order valence-corrected chi connectivity index (χ4v) is 6.31. The van der Waals surface area contributed by atoms with Gasteiger partial charge in [0, 0.05) is 42.8 Å². The molecule has 0 radical (unpaired) electrons. The van der Waals surface area contributed by atoms with Gasteiger partial charge in [-0.1, -0.05) is 18.2 Å². The average molecular weight is 459 g/mol. The summed E-state index contributed by atoms with van der Waals surface area (Å²) in [6, 6.07) is 12.4. The van der Waals surface area contributed by atoms with Gasteiger partial charge in [-0.15, -0.1) is 0 Å². The molecule has 1 aliphatic carbocycles. The number of hydrogen-bond donors (Lipinski definition) is 2. The number of likely N-dealkylation sites (tertiary alicyclic amines) is 1. The molecule has 0 bridgehead atoms. The number of benzene rings is 2. The second-order valence-electron chi connectivity index (χ2n) is 10.7. The number of rotatable bonds is 6. The van der Waals surface area contributed by atoms with Crippen LogP contribution in [0.4, 0.5) is 0 Å². The van der Waals surface area contributed by atoms with Gasteiger partial charge in [0.1, 0.15) is 0 Å². The molecule has 34 heavy (non-hydrogen) atoms. The molecule has 2 aromatic carbocycles. The van der Waals surface area contributed by atoms with Crippen LogP contribution in [0.2, 0.25) is 0 Å². The quantitative estimate of drug-likeness (QED) is 0.474. The zero-order valence-electron chi connectivity index (χ0n) is 20.0. The molecule has 5 heteroatoms. The van der Waals surface area contributed by atoms with Crippen molar-refractivity contribution < 1.29 is 14.6 Å². The summed E-state index contributed by atoms with van der Waals surface area (Å²) in [6.45, 7) is 4.98. The van der Waals surface area contributed by atoms with Crippen molar-refractivity contribution in [3.8, 4) is 0 Å². The molecule has 2 aliphatic heterocycles. The molecule has 2 atom stereocenters. The summed E-state index contributed by atoms with van der Waals surface area (Å²) in [6.07, 6.45) is 10.3. The maximum atomic E-state index is 11.4. The molecule has 5 nitrogen and oxygen atoms in total. The van der Waals surface area contributed by atoms with Gasteiger partial charge >= 0.3 is 5.97 Å². The van der Waals surface area contributed by atoms with E-state index in [0.29, 0.717) is 5.56 Å². The fraction of sp³-hybridized carbons (Fsp3) is 0.483. The number of fused-ring (bicyclic) bond motifs is 1. The van der Waals surface area contributed by atoms with E-state index in [9.17, 15) is 9.90 Å². The molecule has 3 aliphatic rings. The summed E-state index contributed by atoms with van der Waals surface area (Å²) in [5.41, 5.74) is 7.06. The number of carboxylic acids is 1. The third-order valence-corrected chi connectivity index (χ3v) is 8.40. The smallest absolute Gasteiger partial charge is 0.335 e. The molecule has 0 amide bonds. The molecular weight excluding hydrogens is 424 g/mol. The van der Waals surface area contributed by atoms with Crippen LogP contribution in [0, 0.1) is 12.8 Å². The molecular formula is C29H34N2O3. The molecule has 1 saturated carbocycles. The van der Waals surface area contributed by atoms with Crippen molar-refractivity contribution in [1.29, 1.82) is 0 Å². The highest BCUT2D eigenvalue weighted by atomic mass is 16.5. The zero-order valence-corrected chi connectivity index (χ0v) is 20.0. The highest BCUT2D eigenvalue weighted by Crippen LogP contribution is 2.45. The Morgan fingerprint density at radius 1 is 1.21 bits per heavy atom. The Morgan fingerprint density at radius 3 is 2.74 bits per heavy atom. The van der Waals surface area contributed by atoms with Crippen molar-refractivity contribution in [2.45, 2.75) is 70.1 Å².